The van der Waals surface area contributed by atoms with E-state index in [2.05, 4.69) is 15.2 Å². The lowest BCUT2D eigenvalue weighted by atomic mass is 10.1. The summed E-state index contributed by atoms with van der Waals surface area (Å²) in [5.41, 5.74) is 5.68. The molecule has 6 nitrogen and oxygen atoms in total. The number of fused-ring (bicyclic) bond motifs is 1. The molecular formula is C24H19N5O. The normalized spacial score (nSPS) is 11.1. The fourth-order valence-electron chi connectivity index (χ4n) is 3.52. The first-order chi connectivity index (χ1) is 14.7. The van der Waals surface area contributed by atoms with Gasteiger partial charge in [0.25, 0.3) is 5.56 Å². The number of rotatable bonds is 4. The Morgan fingerprint density at radius 1 is 0.900 bits per heavy atom. The van der Waals surface area contributed by atoms with Crippen LogP contribution in [0.2, 0.25) is 0 Å². The highest BCUT2D eigenvalue weighted by Gasteiger charge is 2.07. The quantitative estimate of drug-likeness (QED) is 0.464. The van der Waals surface area contributed by atoms with Crippen molar-refractivity contribution in [2.75, 3.05) is 0 Å². The second kappa shape index (κ2) is 7.40. The van der Waals surface area contributed by atoms with E-state index in [1.807, 2.05) is 74.0 Å². The number of nitrogens with zero attached hydrogens (tertiary/aromatic N) is 5. The summed E-state index contributed by atoms with van der Waals surface area (Å²) < 4.78 is 3.28. The molecular weight excluding hydrogens is 374 g/mol. The molecule has 2 aromatic carbocycles. The third-order valence-electron chi connectivity index (χ3n) is 5.09. The van der Waals surface area contributed by atoms with Crippen LogP contribution in [0, 0.1) is 0 Å². The first-order valence-electron chi connectivity index (χ1n) is 9.67. The third-order valence-corrected chi connectivity index (χ3v) is 5.09. The molecule has 0 aliphatic rings. The Morgan fingerprint density at radius 2 is 1.73 bits per heavy atom. The van der Waals surface area contributed by atoms with Crippen LogP contribution in [0.3, 0.4) is 0 Å². The van der Waals surface area contributed by atoms with Gasteiger partial charge in [-0.2, -0.15) is 10.2 Å². The molecule has 0 aliphatic heterocycles. The number of aromatic nitrogens is 5. The lowest BCUT2D eigenvalue weighted by Crippen LogP contribution is -2.22. The van der Waals surface area contributed by atoms with Crippen molar-refractivity contribution in [3.05, 3.63) is 101 Å². The van der Waals surface area contributed by atoms with E-state index in [1.165, 1.54) is 4.68 Å². The molecule has 0 radical (unpaired) electrons. The predicted octanol–water partition coefficient (Wildman–Crippen LogP) is 3.91. The topological polar surface area (TPSA) is 65.6 Å². The second-order valence-electron chi connectivity index (χ2n) is 7.22. The number of pyridine rings is 1. The highest BCUT2D eigenvalue weighted by molar-refractivity contribution is 5.78. The van der Waals surface area contributed by atoms with E-state index in [9.17, 15) is 4.79 Å². The molecule has 0 aliphatic carbocycles. The molecule has 5 aromatic rings. The second-order valence-corrected chi connectivity index (χ2v) is 7.22. The minimum atomic E-state index is -0.128. The van der Waals surface area contributed by atoms with E-state index in [1.54, 1.807) is 23.0 Å². The molecule has 3 aromatic heterocycles. The van der Waals surface area contributed by atoms with E-state index in [0.29, 0.717) is 6.54 Å². The molecule has 0 fully saturated rings. The number of aryl methyl sites for hydroxylation is 1. The van der Waals surface area contributed by atoms with Crippen molar-refractivity contribution >= 4 is 10.9 Å². The zero-order chi connectivity index (χ0) is 20.5. The Labute approximate surface area is 173 Å². The fourth-order valence-corrected chi connectivity index (χ4v) is 3.52. The summed E-state index contributed by atoms with van der Waals surface area (Å²) in [4.78, 5) is 16.7. The average molecular weight is 393 g/mol. The molecule has 0 bridgehead atoms. The van der Waals surface area contributed by atoms with E-state index in [0.717, 1.165) is 38.9 Å². The van der Waals surface area contributed by atoms with Gasteiger partial charge in [-0.1, -0.05) is 36.4 Å². The van der Waals surface area contributed by atoms with Crippen LogP contribution in [0.15, 0.2) is 90.1 Å². The zero-order valence-electron chi connectivity index (χ0n) is 16.4. The van der Waals surface area contributed by atoms with Gasteiger partial charge < -0.3 is 0 Å². The Balaban J connectivity index is 1.44. The third kappa shape index (κ3) is 3.51. The van der Waals surface area contributed by atoms with Gasteiger partial charge in [0, 0.05) is 42.0 Å². The Kier molecular flexibility index (Phi) is 4.44. The van der Waals surface area contributed by atoms with Gasteiger partial charge in [-0.3, -0.25) is 14.5 Å². The molecule has 0 saturated carbocycles. The summed E-state index contributed by atoms with van der Waals surface area (Å²) in [6.07, 6.45) is 5.59. The number of hydrogen-bond acceptors (Lipinski definition) is 4. The Hall–Kier alpha value is -4.06. The van der Waals surface area contributed by atoms with E-state index in [4.69, 9.17) is 0 Å². The molecule has 146 valence electrons. The number of hydrogen-bond donors (Lipinski definition) is 0. The molecule has 0 unspecified atom stereocenters. The summed E-state index contributed by atoms with van der Waals surface area (Å²) in [6, 6.07) is 21.4. The summed E-state index contributed by atoms with van der Waals surface area (Å²) in [6.45, 7) is 0.408. The fraction of sp³-hybridized carbons (Fsp3) is 0.0833. The smallest absolute Gasteiger partial charge is 0.267 e. The van der Waals surface area contributed by atoms with Gasteiger partial charge in [-0.05, 0) is 35.4 Å². The van der Waals surface area contributed by atoms with Crippen molar-refractivity contribution in [3.8, 4) is 22.4 Å². The van der Waals surface area contributed by atoms with Crippen molar-refractivity contribution in [1.29, 1.82) is 0 Å². The van der Waals surface area contributed by atoms with Crippen LogP contribution in [0.25, 0.3) is 33.3 Å². The molecule has 6 heteroatoms. The van der Waals surface area contributed by atoms with Crippen LogP contribution in [-0.4, -0.2) is 24.5 Å². The standard InChI is InChI=1S/C24H19N5O/c1-28-16-21(14-26-28)18-5-7-19(8-6-18)23-10-11-24(30)29(27-23)15-17-4-9-22-20(13-17)3-2-12-25-22/h2-14,16H,15H2,1H3. The van der Waals surface area contributed by atoms with E-state index >= 15 is 0 Å². The lowest BCUT2D eigenvalue weighted by molar-refractivity contribution is 0.643. The first-order valence-corrected chi connectivity index (χ1v) is 9.67. The Morgan fingerprint density at radius 3 is 2.53 bits per heavy atom. The van der Waals surface area contributed by atoms with Crippen molar-refractivity contribution in [2.24, 2.45) is 7.05 Å². The number of benzene rings is 2. The maximum absolute atomic E-state index is 12.4. The van der Waals surface area contributed by atoms with Crippen LogP contribution >= 0.6 is 0 Å². The summed E-state index contributed by atoms with van der Waals surface area (Å²) in [7, 11) is 1.90. The van der Waals surface area contributed by atoms with Gasteiger partial charge in [0.2, 0.25) is 0 Å². The van der Waals surface area contributed by atoms with Gasteiger partial charge in [0.15, 0.2) is 0 Å². The van der Waals surface area contributed by atoms with Crippen LogP contribution in [0.1, 0.15) is 5.56 Å². The molecule has 0 saturated heterocycles. The van der Waals surface area contributed by atoms with Crippen LogP contribution < -0.4 is 5.56 Å². The minimum absolute atomic E-state index is 0.128. The largest absolute Gasteiger partial charge is 0.275 e. The monoisotopic (exact) mass is 393 g/mol. The molecule has 3 heterocycles. The average Bonchev–Trinajstić information content (AvgIpc) is 3.22. The molecule has 0 atom stereocenters. The van der Waals surface area contributed by atoms with Crippen molar-refractivity contribution in [2.45, 2.75) is 6.54 Å². The highest BCUT2D eigenvalue weighted by atomic mass is 16.1. The van der Waals surface area contributed by atoms with E-state index < -0.39 is 0 Å². The van der Waals surface area contributed by atoms with Crippen molar-refractivity contribution in [3.63, 3.8) is 0 Å². The molecule has 0 spiro atoms. The molecule has 0 amide bonds. The Bertz CT molecular complexity index is 1400. The SMILES string of the molecule is Cn1cc(-c2ccc(-c3ccc(=O)n(Cc4ccc5ncccc5c4)n3)cc2)cn1. The molecule has 0 N–H and O–H groups in total. The summed E-state index contributed by atoms with van der Waals surface area (Å²) in [5, 5.41) is 9.86. The maximum Gasteiger partial charge on any atom is 0.267 e. The summed E-state index contributed by atoms with van der Waals surface area (Å²) in [5.74, 6) is 0. The van der Waals surface area contributed by atoms with Crippen molar-refractivity contribution < 1.29 is 0 Å². The predicted molar refractivity (Wildman–Crippen MR) is 117 cm³/mol. The van der Waals surface area contributed by atoms with Gasteiger partial charge in [-0.25, -0.2) is 4.68 Å². The molecule has 30 heavy (non-hydrogen) atoms. The van der Waals surface area contributed by atoms with Gasteiger partial charge in [0.1, 0.15) is 0 Å². The zero-order valence-corrected chi connectivity index (χ0v) is 16.4. The van der Waals surface area contributed by atoms with Gasteiger partial charge >= 0.3 is 0 Å². The van der Waals surface area contributed by atoms with Crippen LogP contribution in [-0.2, 0) is 13.6 Å². The van der Waals surface area contributed by atoms with Gasteiger partial charge in [0.05, 0.1) is 24.0 Å². The highest BCUT2D eigenvalue weighted by Crippen LogP contribution is 2.23. The lowest BCUT2D eigenvalue weighted by Gasteiger charge is -2.09. The van der Waals surface area contributed by atoms with Crippen LogP contribution in [0.5, 0.6) is 0 Å². The maximum atomic E-state index is 12.4. The minimum Gasteiger partial charge on any atom is -0.275 e. The van der Waals surface area contributed by atoms with Crippen molar-refractivity contribution in [1.82, 2.24) is 24.5 Å². The molecule has 5 rings (SSSR count). The summed E-state index contributed by atoms with van der Waals surface area (Å²) >= 11 is 0. The first kappa shape index (κ1) is 18.0. The van der Waals surface area contributed by atoms with E-state index in [-0.39, 0.29) is 5.56 Å². The van der Waals surface area contributed by atoms with Crippen LogP contribution in [0.4, 0.5) is 0 Å². The van der Waals surface area contributed by atoms with Gasteiger partial charge in [-0.15, -0.1) is 0 Å².